The van der Waals surface area contributed by atoms with Crippen molar-refractivity contribution < 1.29 is 45.4 Å². The van der Waals surface area contributed by atoms with E-state index in [0.29, 0.717) is 30.1 Å². The zero-order valence-corrected chi connectivity index (χ0v) is 19.5. The standard InChI is InChI=1S/C22H26F6O4Se/c23-21(24,25)19(29)31-16-13-9-4-2-1-3-5-10-14-17(32-20(30)22(26,27)28)18(16)33-15-11-7-6-8-12-15/h6-8,11-12,16-18H,1-5,9-10,13-14H2/t16-,17-/m0/s1. The number of benzene rings is 1. The van der Waals surface area contributed by atoms with Gasteiger partial charge in [0.2, 0.25) is 0 Å². The van der Waals surface area contributed by atoms with Crippen molar-refractivity contribution in [3.63, 3.8) is 0 Å². The average Bonchev–Trinajstić information content (AvgIpc) is 2.73. The second-order valence-corrected chi connectivity index (χ2v) is 10.5. The molecule has 0 heterocycles. The molecule has 1 fully saturated rings. The number of esters is 2. The van der Waals surface area contributed by atoms with Crippen LogP contribution in [0.2, 0.25) is 4.82 Å². The van der Waals surface area contributed by atoms with Crippen LogP contribution in [0.15, 0.2) is 30.3 Å². The van der Waals surface area contributed by atoms with Gasteiger partial charge < -0.3 is 0 Å². The zero-order chi connectivity index (χ0) is 24.5. The summed E-state index contributed by atoms with van der Waals surface area (Å²) in [5, 5.41) is 0. The molecule has 1 aliphatic rings. The van der Waals surface area contributed by atoms with Gasteiger partial charge in [-0.1, -0.05) is 0 Å². The average molecular weight is 547 g/mol. The van der Waals surface area contributed by atoms with Crippen molar-refractivity contribution in [3.05, 3.63) is 30.3 Å². The van der Waals surface area contributed by atoms with Crippen LogP contribution in [0, 0.1) is 0 Å². The van der Waals surface area contributed by atoms with Gasteiger partial charge in [-0.05, 0) is 0 Å². The molecular formula is C22H26F6O4Se. The number of carbonyl (C=O) groups excluding carboxylic acids is 2. The quantitative estimate of drug-likeness (QED) is 0.293. The van der Waals surface area contributed by atoms with Gasteiger partial charge in [0, 0.05) is 0 Å². The first-order valence-corrected chi connectivity index (χ1v) is 12.6. The molecule has 0 aliphatic heterocycles. The van der Waals surface area contributed by atoms with Crippen molar-refractivity contribution >= 4 is 31.4 Å². The third kappa shape index (κ3) is 9.57. The fraction of sp³-hybridized carbons (Fsp3) is 0.636. The Hall–Kier alpha value is -1.74. The normalized spacial score (nSPS) is 22.0. The van der Waals surface area contributed by atoms with Gasteiger partial charge in [-0.2, -0.15) is 0 Å². The molecule has 1 saturated carbocycles. The first-order valence-electron chi connectivity index (χ1n) is 10.8. The molecule has 1 aliphatic carbocycles. The van der Waals surface area contributed by atoms with Crippen LogP contribution in [-0.4, -0.2) is 51.5 Å². The molecule has 0 unspecified atom stereocenters. The molecule has 4 nitrogen and oxygen atoms in total. The molecule has 1 aromatic carbocycles. The number of rotatable bonds is 4. The van der Waals surface area contributed by atoms with E-state index in [2.05, 4.69) is 0 Å². The Morgan fingerprint density at radius 1 is 0.697 bits per heavy atom. The van der Waals surface area contributed by atoms with Gasteiger partial charge in [0.1, 0.15) is 0 Å². The van der Waals surface area contributed by atoms with Crippen LogP contribution in [0.4, 0.5) is 26.3 Å². The summed E-state index contributed by atoms with van der Waals surface area (Å²) < 4.78 is 88.1. The minimum absolute atomic E-state index is 0.0428. The van der Waals surface area contributed by atoms with Crippen molar-refractivity contribution in [1.82, 2.24) is 0 Å². The summed E-state index contributed by atoms with van der Waals surface area (Å²) in [7, 11) is 0. The summed E-state index contributed by atoms with van der Waals surface area (Å²) >= 11 is -0.724. The molecule has 0 bridgehead atoms. The van der Waals surface area contributed by atoms with E-state index in [1.807, 2.05) is 0 Å². The SMILES string of the molecule is O=C(O[C@H]1CCCCCCCCC[C@H](OC(=O)C(F)(F)F)C1[Se]c1ccccc1)C(F)(F)F. The minimum atomic E-state index is -5.24. The number of ether oxygens (including phenoxy) is 2. The molecule has 2 atom stereocenters. The van der Waals surface area contributed by atoms with Gasteiger partial charge in [0.25, 0.3) is 0 Å². The van der Waals surface area contributed by atoms with E-state index in [1.54, 1.807) is 30.3 Å². The molecule has 33 heavy (non-hydrogen) atoms. The van der Waals surface area contributed by atoms with Crippen molar-refractivity contribution in [1.29, 1.82) is 0 Å². The summed E-state index contributed by atoms with van der Waals surface area (Å²) in [5.74, 6) is -4.79. The number of hydrogen-bond acceptors (Lipinski definition) is 4. The van der Waals surface area contributed by atoms with Crippen LogP contribution in [0.1, 0.15) is 57.8 Å². The van der Waals surface area contributed by atoms with E-state index in [-0.39, 0.29) is 12.8 Å². The Kier molecular flexibility index (Phi) is 10.5. The molecule has 0 amide bonds. The second kappa shape index (κ2) is 12.6. The van der Waals surface area contributed by atoms with Gasteiger partial charge in [-0.3, -0.25) is 0 Å². The van der Waals surface area contributed by atoms with E-state index in [1.165, 1.54) is 0 Å². The van der Waals surface area contributed by atoms with Gasteiger partial charge in [0.05, 0.1) is 0 Å². The van der Waals surface area contributed by atoms with Crippen LogP contribution < -0.4 is 4.46 Å². The summed E-state index contributed by atoms with van der Waals surface area (Å²) in [6.07, 6.45) is -8.18. The fourth-order valence-corrected chi connectivity index (χ4v) is 6.37. The monoisotopic (exact) mass is 548 g/mol. The van der Waals surface area contributed by atoms with E-state index in [9.17, 15) is 35.9 Å². The van der Waals surface area contributed by atoms with Gasteiger partial charge in [0.15, 0.2) is 0 Å². The number of carbonyl (C=O) groups is 2. The number of halogens is 6. The molecule has 1 aromatic rings. The Labute approximate surface area is 194 Å². The molecule has 0 aromatic heterocycles. The van der Waals surface area contributed by atoms with Gasteiger partial charge in [-0.25, -0.2) is 0 Å². The Bertz CT molecular complexity index is 711. The van der Waals surface area contributed by atoms with E-state index in [4.69, 9.17) is 9.47 Å². The fourth-order valence-electron chi connectivity index (χ4n) is 3.61. The summed E-state index contributed by atoms with van der Waals surface area (Å²) in [6.45, 7) is 0. The van der Waals surface area contributed by atoms with Crippen molar-refractivity contribution in [3.8, 4) is 0 Å². The molecule has 11 heteroatoms. The second-order valence-electron chi connectivity index (χ2n) is 7.83. The molecular weight excluding hydrogens is 521 g/mol. The van der Waals surface area contributed by atoms with Crippen LogP contribution in [0.5, 0.6) is 0 Å². The molecule has 0 spiro atoms. The van der Waals surface area contributed by atoms with Gasteiger partial charge >= 0.3 is 194 Å². The molecule has 0 N–H and O–H groups in total. The topological polar surface area (TPSA) is 52.6 Å². The van der Waals surface area contributed by atoms with Gasteiger partial charge in [-0.15, -0.1) is 0 Å². The molecule has 0 saturated heterocycles. The van der Waals surface area contributed by atoms with Crippen LogP contribution >= 0.6 is 0 Å². The van der Waals surface area contributed by atoms with Crippen LogP contribution in [0.3, 0.4) is 0 Å². The van der Waals surface area contributed by atoms with Crippen molar-refractivity contribution in [2.75, 3.05) is 0 Å². The third-order valence-corrected chi connectivity index (χ3v) is 8.19. The molecule has 2 rings (SSSR count). The van der Waals surface area contributed by atoms with Crippen molar-refractivity contribution in [2.24, 2.45) is 0 Å². The number of alkyl halides is 6. The first kappa shape index (κ1) is 27.5. The predicted octanol–water partition coefficient (Wildman–Crippen LogP) is 5.28. The predicted molar refractivity (Wildman–Crippen MR) is 109 cm³/mol. The Morgan fingerprint density at radius 2 is 1.09 bits per heavy atom. The van der Waals surface area contributed by atoms with Crippen LogP contribution in [0.25, 0.3) is 0 Å². The third-order valence-electron chi connectivity index (χ3n) is 5.21. The van der Waals surface area contributed by atoms with E-state index < -0.39 is 56.3 Å². The maximum atomic E-state index is 13.0. The van der Waals surface area contributed by atoms with Crippen LogP contribution in [-0.2, 0) is 19.1 Å². The Balaban J connectivity index is 2.41. The first-order chi connectivity index (χ1) is 15.5. The molecule has 186 valence electrons. The molecule has 0 radical (unpaired) electrons. The maximum absolute atomic E-state index is 13.0. The van der Waals surface area contributed by atoms with E-state index in [0.717, 1.165) is 19.3 Å². The summed E-state index contributed by atoms with van der Waals surface area (Å²) in [5.41, 5.74) is 0. The summed E-state index contributed by atoms with van der Waals surface area (Å²) in [4.78, 5) is 22.3. The van der Waals surface area contributed by atoms with Crippen molar-refractivity contribution in [2.45, 2.75) is 87.2 Å². The number of hydrogen-bond donors (Lipinski definition) is 0. The zero-order valence-electron chi connectivity index (χ0n) is 17.8. The summed E-state index contributed by atoms with van der Waals surface area (Å²) in [6, 6.07) is 8.51. The van der Waals surface area contributed by atoms with E-state index >= 15 is 0 Å². The Morgan fingerprint density at radius 3 is 1.48 bits per heavy atom.